The number of nitrogens with one attached hydrogen (secondary N) is 1. The highest BCUT2D eigenvalue weighted by atomic mass is 16.5. The summed E-state index contributed by atoms with van der Waals surface area (Å²) in [4.78, 5) is 17.2. The van der Waals surface area contributed by atoms with E-state index >= 15 is 0 Å². The topological polar surface area (TPSA) is 69.0 Å². The maximum absolute atomic E-state index is 12.6. The number of aryl methyl sites for hydroxylation is 2. The Bertz CT molecular complexity index is 1240. The zero-order chi connectivity index (χ0) is 23.4. The number of ether oxygens (including phenoxy) is 1. The number of rotatable bonds is 7. The van der Waals surface area contributed by atoms with Crippen molar-refractivity contribution in [2.45, 2.75) is 40.2 Å². The number of anilines is 1. The molecule has 0 saturated heterocycles. The molecule has 33 heavy (non-hydrogen) atoms. The van der Waals surface area contributed by atoms with E-state index in [4.69, 9.17) is 4.74 Å². The predicted octanol–water partition coefficient (Wildman–Crippen LogP) is 5.84. The van der Waals surface area contributed by atoms with Gasteiger partial charge in [-0.1, -0.05) is 43.3 Å². The molecule has 0 radical (unpaired) electrons. The van der Waals surface area contributed by atoms with Crippen molar-refractivity contribution >= 4 is 11.6 Å². The summed E-state index contributed by atoms with van der Waals surface area (Å²) in [5.74, 6) is 0.566. The van der Waals surface area contributed by atoms with Gasteiger partial charge in [0.1, 0.15) is 0 Å². The summed E-state index contributed by atoms with van der Waals surface area (Å²) in [6, 6.07) is 23.6. The van der Waals surface area contributed by atoms with Gasteiger partial charge < -0.3 is 10.1 Å². The van der Waals surface area contributed by atoms with E-state index in [2.05, 4.69) is 22.3 Å². The van der Waals surface area contributed by atoms with E-state index < -0.39 is 0 Å². The van der Waals surface area contributed by atoms with E-state index in [9.17, 15) is 4.79 Å². The third kappa shape index (κ3) is 5.12. The largest absolute Gasteiger partial charge is 0.460 e. The Kier molecular flexibility index (Phi) is 6.54. The van der Waals surface area contributed by atoms with Gasteiger partial charge >= 0.3 is 6.01 Å². The fraction of sp³-hybridized carbons (Fsp3) is 0.222. The number of hydrogen-bond acceptors (Lipinski definition) is 4. The van der Waals surface area contributed by atoms with E-state index in [0.717, 1.165) is 23.2 Å². The minimum atomic E-state index is -0.139. The molecule has 0 aliphatic heterocycles. The molecule has 0 fully saturated rings. The van der Waals surface area contributed by atoms with Gasteiger partial charge in [0.2, 0.25) is 0 Å². The monoisotopic (exact) mass is 440 g/mol. The third-order valence-corrected chi connectivity index (χ3v) is 5.31. The molecule has 4 rings (SSSR count). The molecule has 0 bridgehead atoms. The Labute approximate surface area is 194 Å². The molecule has 0 spiro atoms. The molecule has 6 nitrogen and oxygen atoms in total. The van der Waals surface area contributed by atoms with Crippen LogP contribution in [0.2, 0.25) is 0 Å². The van der Waals surface area contributed by atoms with Crippen molar-refractivity contribution in [1.29, 1.82) is 0 Å². The molecule has 1 amide bonds. The molecule has 0 atom stereocenters. The van der Waals surface area contributed by atoms with Gasteiger partial charge in [-0.2, -0.15) is 4.98 Å². The average Bonchev–Trinajstić information content (AvgIpc) is 3.22. The fourth-order valence-electron chi connectivity index (χ4n) is 3.51. The number of carbonyl (C=O) groups excluding carboxylic acids is 1. The highest BCUT2D eigenvalue weighted by Gasteiger charge is 2.17. The van der Waals surface area contributed by atoms with Crippen LogP contribution in [0.4, 0.5) is 5.69 Å². The zero-order valence-electron chi connectivity index (χ0n) is 19.4. The molecular weight excluding hydrogens is 412 g/mol. The van der Waals surface area contributed by atoms with Crippen LogP contribution in [0.1, 0.15) is 42.3 Å². The lowest BCUT2D eigenvalue weighted by molar-refractivity contribution is 0.102. The van der Waals surface area contributed by atoms with Crippen molar-refractivity contribution in [1.82, 2.24) is 14.8 Å². The van der Waals surface area contributed by atoms with Crippen LogP contribution in [0.3, 0.4) is 0 Å². The SMILES string of the molecule is CCc1ccc(C(=O)Nc2ccc(-n3nc(OC(C)C)nc3-c3ccccc3C)cc2)cc1. The second-order valence-electron chi connectivity index (χ2n) is 8.16. The minimum absolute atomic E-state index is 0.0328. The van der Waals surface area contributed by atoms with E-state index in [1.54, 1.807) is 4.68 Å². The van der Waals surface area contributed by atoms with E-state index in [1.807, 2.05) is 93.6 Å². The molecule has 0 unspecified atom stereocenters. The average molecular weight is 441 g/mol. The van der Waals surface area contributed by atoms with Crippen molar-refractivity contribution in [2.24, 2.45) is 0 Å². The maximum Gasteiger partial charge on any atom is 0.336 e. The van der Waals surface area contributed by atoms with Crippen LogP contribution < -0.4 is 10.1 Å². The standard InChI is InChI=1S/C27H28N4O2/c1-5-20-10-12-21(13-11-20)26(32)28-22-14-16-23(17-15-22)31-25(24-9-7-6-8-19(24)4)29-27(30-31)33-18(2)3/h6-18H,5H2,1-4H3,(H,28,32). The Hall–Kier alpha value is -3.93. The first-order chi connectivity index (χ1) is 15.9. The highest BCUT2D eigenvalue weighted by Crippen LogP contribution is 2.27. The second-order valence-corrected chi connectivity index (χ2v) is 8.16. The van der Waals surface area contributed by atoms with Gasteiger partial charge in [-0.25, -0.2) is 4.68 Å². The van der Waals surface area contributed by atoms with Crippen LogP contribution >= 0.6 is 0 Å². The van der Waals surface area contributed by atoms with E-state index in [1.165, 1.54) is 5.56 Å². The molecular formula is C27H28N4O2. The number of aromatic nitrogens is 3. The van der Waals surface area contributed by atoms with Crippen LogP contribution in [0, 0.1) is 6.92 Å². The van der Waals surface area contributed by atoms with E-state index in [-0.39, 0.29) is 12.0 Å². The molecule has 6 heteroatoms. The van der Waals surface area contributed by atoms with Gasteiger partial charge in [-0.3, -0.25) is 4.79 Å². The van der Waals surface area contributed by atoms with Crippen LogP contribution in [-0.2, 0) is 6.42 Å². The molecule has 1 N–H and O–H groups in total. The van der Waals surface area contributed by atoms with Crippen molar-refractivity contribution < 1.29 is 9.53 Å². The van der Waals surface area contributed by atoms with Gasteiger partial charge in [-0.15, -0.1) is 5.10 Å². The first kappa shape index (κ1) is 22.3. The summed E-state index contributed by atoms with van der Waals surface area (Å²) in [7, 11) is 0. The Morgan fingerprint density at radius 3 is 2.33 bits per heavy atom. The van der Waals surface area contributed by atoms with Crippen molar-refractivity contribution in [3.05, 3.63) is 89.5 Å². The van der Waals surface area contributed by atoms with Crippen LogP contribution in [0.25, 0.3) is 17.1 Å². The van der Waals surface area contributed by atoms with Gasteiger partial charge in [-0.05, 0) is 74.7 Å². The minimum Gasteiger partial charge on any atom is -0.460 e. The smallest absolute Gasteiger partial charge is 0.336 e. The van der Waals surface area contributed by atoms with Gasteiger partial charge in [0, 0.05) is 16.8 Å². The number of hydrogen-bond donors (Lipinski definition) is 1. The lowest BCUT2D eigenvalue weighted by atomic mass is 10.1. The molecule has 3 aromatic carbocycles. The third-order valence-electron chi connectivity index (χ3n) is 5.31. The number of nitrogens with zero attached hydrogens (tertiary/aromatic N) is 3. The molecule has 4 aromatic rings. The molecule has 0 saturated carbocycles. The van der Waals surface area contributed by atoms with Crippen LogP contribution in [0.15, 0.2) is 72.8 Å². The Morgan fingerprint density at radius 2 is 1.70 bits per heavy atom. The Morgan fingerprint density at radius 1 is 1.00 bits per heavy atom. The molecule has 0 aliphatic carbocycles. The van der Waals surface area contributed by atoms with Gasteiger partial charge in [0.25, 0.3) is 5.91 Å². The lowest BCUT2D eigenvalue weighted by Gasteiger charge is -2.10. The maximum atomic E-state index is 12.6. The number of carbonyl (C=O) groups is 1. The predicted molar refractivity (Wildman–Crippen MR) is 131 cm³/mol. The second kappa shape index (κ2) is 9.69. The van der Waals surface area contributed by atoms with Crippen LogP contribution in [-0.4, -0.2) is 26.8 Å². The van der Waals surface area contributed by atoms with Crippen molar-refractivity contribution in [3.8, 4) is 23.1 Å². The van der Waals surface area contributed by atoms with Gasteiger partial charge in [0.05, 0.1) is 11.8 Å². The first-order valence-corrected chi connectivity index (χ1v) is 11.1. The van der Waals surface area contributed by atoms with Crippen molar-refractivity contribution in [2.75, 3.05) is 5.32 Å². The molecule has 0 aliphatic rings. The summed E-state index contributed by atoms with van der Waals surface area (Å²) < 4.78 is 7.53. The summed E-state index contributed by atoms with van der Waals surface area (Å²) in [5, 5.41) is 7.54. The number of benzene rings is 3. The molecule has 168 valence electrons. The van der Waals surface area contributed by atoms with Crippen molar-refractivity contribution in [3.63, 3.8) is 0 Å². The zero-order valence-corrected chi connectivity index (χ0v) is 19.4. The highest BCUT2D eigenvalue weighted by molar-refractivity contribution is 6.04. The summed E-state index contributed by atoms with van der Waals surface area (Å²) in [6.07, 6.45) is 0.912. The normalized spacial score (nSPS) is 10.9. The lowest BCUT2D eigenvalue weighted by Crippen LogP contribution is -2.12. The number of amides is 1. The first-order valence-electron chi connectivity index (χ1n) is 11.1. The summed E-state index contributed by atoms with van der Waals surface area (Å²) in [5.41, 5.74) is 5.44. The summed E-state index contributed by atoms with van der Waals surface area (Å²) in [6.45, 7) is 8.03. The Balaban J connectivity index is 1.61. The van der Waals surface area contributed by atoms with Crippen LogP contribution in [0.5, 0.6) is 6.01 Å². The fourth-order valence-corrected chi connectivity index (χ4v) is 3.51. The molecule has 1 heterocycles. The van der Waals surface area contributed by atoms with Gasteiger partial charge in [0.15, 0.2) is 5.82 Å². The quantitative estimate of drug-likeness (QED) is 0.392. The van der Waals surface area contributed by atoms with E-state index in [0.29, 0.717) is 23.1 Å². The summed E-state index contributed by atoms with van der Waals surface area (Å²) >= 11 is 0. The molecule has 1 aromatic heterocycles.